The van der Waals surface area contributed by atoms with E-state index in [2.05, 4.69) is 32.3 Å². The van der Waals surface area contributed by atoms with Crippen molar-refractivity contribution in [3.8, 4) is 5.75 Å². The van der Waals surface area contributed by atoms with Crippen LogP contribution in [-0.4, -0.2) is 69.9 Å². The fourth-order valence-electron chi connectivity index (χ4n) is 4.01. The van der Waals surface area contributed by atoms with E-state index < -0.39 is 5.91 Å². The van der Waals surface area contributed by atoms with Crippen molar-refractivity contribution in [2.24, 2.45) is 5.73 Å². The molecule has 0 bridgehead atoms. The average Bonchev–Trinajstić information content (AvgIpc) is 3.38. The van der Waals surface area contributed by atoms with Gasteiger partial charge in [0.1, 0.15) is 23.7 Å². The summed E-state index contributed by atoms with van der Waals surface area (Å²) in [7, 11) is 1.60. The lowest BCUT2D eigenvalue weighted by Crippen LogP contribution is -2.39. The van der Waals surface area contributed by atoms with Crippen LogP contribution in [0.4, 0.5) is 23.1 Å². The molecule has 1 unspecified atom stereocenters. The molecule has 1 atom stereocenters. The van der Waals surface area contributed by atoms with E-state index in [1.54, 1.807) is 30.3 Å². The van der Waals surface area contributed by atoms with Gasteiger partial charge in [-0.2, -0.15) is 10.1 Å². The number of methoxy groups -OCH3 is 1. The molecule has 0 saturated carbocycles. The first-order valence-electron chi connectivity index (χ1n) is 11.9. The van der Waals surface area contributed by atoms with Gasteiger partial charge < -0.3 is 30.7 Å². The molecule has 3 aromatic rings. The molecule has 4 N–H and O–H groups in total. The summed E-state index contributed by atoms with van der Waals surface area (Å²) in [4.78, 5) is 34.5. The topological polar surface area (TPSA) is 150 Å². The molecule has 3 heterocycles. The summed E-state index contributed by atoms with van der Waals surface area (Å²) in [6.07, 6.45) is 7.98. The Morgan fingerprint density at radius 1 is 1.24 bits per heavy atom. The first-order chi connectivity index (χ1) is 18.0. The number of amides is 2. The van der Waals surface area contributed by atoms with Gasteiger partial charge in [-0.3, -0.25) is 14.3 Å². The zero-order valence-electron chi connectivity index (χ0n) is 20.6. The van der Waals surface area contributed by atoms with Gasteiger partial charge in [-0.05, 0) is 31.1 Å². The number of nitrogens with two attached hydrogens (primary N) is 1. The van der Waals surface area contributed by atoms with Crippen LogP contribution in [0.25, 0.3) is 0 Å². The fraction of sp³-hybridized carbons (Fsp3) is 0.320. The van der Waals surface area contributed by atoms with Crippen LogP contribution in [0.15, 0.2) is 55.5 Å². The maximum Gasteiger partial charge on any atom is 0.254 e. The maximum atomic E-state index is 12.0. The number of nitrogens with zero attached hydrogens (tertiary/aromatic N) is 5. The van der Waals surface area contributed by atoms with E-state index in [0.29, 0.717) is 43.4 Å². The number of rotatable bonds is 11. The van der Waals surface area contributed by atoms with Gasteiger partial charge in [0.05, 0.1) is 30.2 Å². The van der Waals surface area contributed by atoms with Crippen LogP contribution in [-0.2, 0) is 9.53 Å². The van der Waals surface area contributed by atoms with Crippen molar-refractivity contribution in [1.29, 1.82) is 0 Å². The van der Waals surface area contributed by atoms with Crippen molar-refractivity contribution in [2.75, 3.05) is 44.0 Å². The second-order valence-corrected chi connectivity index (χ2v) is 8.40. The number of nitrogens with one attached hydrogen (secondary N) is 2. The Hall–Kier alpha value is -4.45. The molecule has 1 aliphatic rings. The number of benzene rings is 1. The number of carbonyl (C=O) groups excluding carboxylic acids is 2. The van der Waals surface area contributed by atoms with Crippen LogP contribution in [0, 0.1) is 0 Å². The number of ether oxygens (including phenoxy) is 2. The highest BCUT2D eigenvalue weighted by Crippen LogP contribution is 2.29. The van der Waals surface area contributed by atoms with Crippen molar-refractivity contribution >= 4 is 35.0 Å². The molecule has 1 saturated heterocycles. The zero-order chi connectivity index (χ0) is 26.2. The van der Waals surface area contributed by atoms with Crippen LogP contribution < -0.4 is 21.1 Å². The van der Waals surface area contributed by atoms with E-state index in [9.17, 15) is 9.59 Å². The first kappa shape index (κ1) is 25.6. The number of hydrogen-bond donors (Lipinski definition) is 3. The van der Waals surface area contributed by atoms with Gasteiger partial charge in [0, 0.05) is 32.6 Å². The summed E-state index contributed by atoms with van der Waals surface area (Å²) in [5.41, 5.74) is 6.95. The van der Waals surface area contributed by atoms with Crippen LogP contribution in [0.2, 0.25) is 0 Å². The fourth-order valence-corrected chi connectivity index (χ4v) is 4.01. The highest BCUT2D eigenvalue weighted by atomic mass is 16.5. The zero-order valence-corrected chi connectivity index (χ0v) is 20.6. The van der Waals surface area contributed by atoms with Crippen LogP contribution in [0.1, 0.15) is 29.2 Å². The normalized spacial score (nSPS) is 15.2. The van der Waals surface area contributed by atoms with Crippen molar-refractivity contribution in [3.05, 3.63) is 61.1 Å². The van der Waals surface area contributed by atoms with Gasteiger partial charge in [0.25, 0.3) is 5.91 Å². The molecule has 0 radical (unpaired) electrons. The number of aromatic nitrogens is 4. The number of primary amides is 1. The predicted molar refractivity (Wildman–Crippen MR) is 138 cm³/mol. The smallest absolute Gasteiger partial charge is 0.254 e. The Morgan fingerprint density at radius 3 is 2.86 bits per heavy atom. The van der Waals surface area contributed by atoms with Crippen molar-refractivity contribution < 1.29 is 19.1 Å². The number of hydrogen-bond acceptors (Lipinski definition) is 9. The molecule has 37 heavy (non-hydrogen) atoms. The van der Waals surface area contributed by atoms with Gasteiger partial charge in [-0.15, -0.1) is 0 Å². The van der Waals surface area contributed by atoms with Gasteiger partial charge >= 0.3 is 0 Å². The molecule has 12 heteroatoms. The summed E-state index contributed by atoms with van der Waals surface area (Å²) in [6.45, 7) is 5.64. The second-order valence-electron chi connectivity index (χ2n) is 8.40. The molecular formula is C25H30N8O4. The quantitative estimate of drug-likeness (QED) is 0.263. The molecule has 2 amide bonds. The van der Waals surface area contributed by atoms with Gasteiger partial charge in [-0.25, -0.2) is 4.98 Å². The molecule has 0 aliphatic carbocycles. The minimum Gasteiger partial charge on any atom is -0.489 e. The Kier molecular flexibility index (Phi) is 8.31. The highest BCUT2D eigenvalue weighted by Gasteiger charge is 2.24. The van der Waals surface area contributed by atoms with Crippen molar-refractivity contribution in [2.45, 2.75) is 18.9 Å². The molecule has 2 aromatic heterocycles. The SMILES string of the molecule is C=CC(=O)N1CCCC(n2cc(Nc3ncc(C(N)=O)c(Nc4ccccc4OCCOC)n3)cn2)C1. The number of carbonyl (C=O) groups is 2. The monoisotopic (exact) mass is 506 g/mol. The summed E-state index contributed by atoms with van der Waals surface area (Å²) in [5.74, 6) is 0.295. The van der Waals surface area contributed by atoms with E-state index in [1.165, 1.54) is 12.3 Å². The van der Waals surface area contributed by atoms with E-state index in [0.717, 1.165) is 12.8 Å². The summed E-state index contributed by atoms with van der Waals surface area (Å²) >= 11 is 0. The van der Waals surface area contributed by atoms with E-state index in [4.69, 9.17) is 15.2 Å². The molecule has 1 fully saturated rings. The number of likely N-dealkylation sites (tertiary alicyclic amines) is 1. The van der Waals surface area contributed by atoms with Crippen LogP contribution in [0.3, 0.4) is 0 Å². The minimum absolute atomic E-state index is 0.0539. The standard InChI is InChI=1S/C25H30N8O4/c1-3-22(34)32-10-6-7-18(16-32)33-15-17(13-28-33)29-25-27-14-19(23(26)35)24(31-25)30-20-8-4-5-9-21(20)37-12-11-36-2/h3-5,8-9,13-15,18H,1,6-7,10-12,16H2,2H3,(H2,26,35)(H2,27,29,30,31). The summed E-state index contributed by atoms with van der Waals surface area (Å²) < 4.78 is 12.6. The highest BCUT2D eigenvalue weighted by molar-refractivity contribution is 5.98. The van der Waals surface area contributed by atoms with E-state index in [-0.39, 0.29) is 29.3 Å². The Labute approximate surface area is 214 Å². The average molecular weight is 507 g/mol. The molecule has 194 valence electrons. The summed E-state index contributed by atoms with van der Waals surface area (Å²) in [6, 6.07) is 7.33. The second kappa shape index (κ2) is 12.0. The number of piperidine rings is 1. The Bertz CT molecular complexity index is 1260. The van der Waals surface area contributed by atoms with Crippen molar-refractivity contribution in [3.63, 3.8) is 0 Å². The first-order valence-corrected chi connectivity index (χ1v) is 11.9. The van der Waals surface area contributed by atoms with Gasteiger partial charge in [-0.1, -0.05) is 18.7 Å². The van der Waals surface area contributed by atoms with Gasteiger partial charge in [0.15, 0.2) is 0 Å². The number of para-hydroxylation sites is 2. The lowest BCUT2D eigenvalue weighted by molar-refractivity contribution is -0.127. The van der Waals surface area contributed by atoms with Crippen LogP contribution >= 0.6 is 0 Å². The maximum absolute atomic E-state index is 12.0. The lowest BCUT2D eigenvalue weighted by atomic mass is 10.1. The Morgan fingerprint density at radius 2 is 2.08 bits per heavy atom. The molecule has 0 spiro atoms. The lowest BCUT2D eigenvalue weighted by Gasteiger charge is -2.32. The minimum atomic E-state index is -0.671. The molecular weight excluding hydrogens is 476 g/mol. The molecule has 1 aromatic carbocycles. The molecule has 1 aliphatic heterocycles. The largest absolute Gasteiger partial charge is 0.489 e. The van der Waals surface area contributed by atoms with E-state index in [1.807, 2.05) is 23.0 Å². The van der Waals surface area contributed by atoms with E-state index >= 15 is 0 Å². The molecule has 12 nitrogen and oxygen atoms in total. The number of anilines is 4. The van der Waals surface area contributed by atoms with Gasteiger partial charge in [0.2, 0.25) is 11.9 Å². The third-order valence-electron chi connectivity index (χ3n) is 5.85. The summed E-state index contributed by atoms with van der Waals surface area (Å²) in [5, 5.41) is 10.7. The van der Waals surface area contributed by atoms with Crippen molar-refractivity contribution in [1.82, 2.24) is 24.6 Å². The predicted octanol–water partition coefficient (Wildman–Crippen LogP) is 2.63. The third-order valence-corrected chi connectivity index (χ3v) is 5.85. The third kappa shape index (κ3) is 6.41. The Balaban J connectivity index is 1.51. The molecule has 4 rings (SSSR count). The van der Waals surface area contributed by atoms with Crippen LogP contribution in [0.5, 0.6) is 5.75 Å².